The van der Waals surface area contributed by atoms with Gasteiger partial charge in [0.2, 0.25) is 0 Å². The molecule has 4 fully saturated rings. The number of rotatable bonds is 10. The van der Waals surface area contributed by atoms with Crippen LogP contribution in [0.4, 0.5) is 17.1 Å². The molecule has 10 aromatic carbocycles. The fourth-order valence-corrected chi connectivity index (χ4v) is 20.3. The molecule has 92 heavy (non-hydrogen) atoms. The number of aromatic nitrogens is 1. The van der Waals surface area contributed by atoms with Crippen LogP contribution in [0.2, 0.25) is 0 Å². The first-order valence-electron chi connectivity index (χ1n) is 37.4. The summed E-state index contributed by atoms with van der Waals surface area (Å²) in [6.07, 6.45) is 26.0. The molecular formula is C88H87BN2Se. The average molecular weight is 1270 g/mol. The van der Waals surface area contributed by atoms with Crippen molar-refractivity contribution in [3.63, 3.8) is 0 Å². The molecule has 3 heterocycles. The number of para-hydroxylation sites is 2. The van der Waals surface area contributed by atoms with Crippen LogP contribution in [0.25, 0.3) is 72.0 Å². The normalized spacial score (nSPS) is 18.1. The molecule has 0 radical (unpaired) electrons. The summed E-state index contributed by atoms with van der Waals surface area (Å²) in [7, 11) is 0. The molecule has 17 rings (SSSR count). The molecule has 1 aromatic heterocycles. The van der Waals surface area contributed by atoms with Gasteiger partial charge in [0.05, 0.1) is 0 Å². The van der Waals surface area contributed by atoms with E-state index in [-0.39, 0.29) is 51.3 Å². The Kier molecular flexibility index (Phi) is 14.3. The first-order chi connectivity index (χ1) is 46.9. The Morgan fingerprint density at radius 1 is 0.402 bits per heavy atom. The minimum atomic E-state index is -0.221. The van der Waals surface area contributed by atoms with Gasteiger partial charge in [-0.15, -0.1) is 0 Å². The Labute approximate surface area is 559 Å². The summed E-state index contributed by atoms with van der Waals surface area (Å²) < 4.78 is 43.0. The van der Waals surface area contributed by atoms with E-state index in [4.69, 9.17) is 1.37 Å². The van der Waals surface area contributed by atoms with E-state index < -0.39 is 0 Å². The van der Waals surface area contributed by atoms with Gasteiger partial charge in [0.1, 0.15) is 0 Å². The molecule has 6 aliphatic rings. The van der Waals surface area contributed by atoms with Gasteiger partial charge in [-0.25, -0.2) is 0 Å². The van der Waals surface area contributed by atoms with E-state index >= 15 is 0 Å². The summed E-state index contributed by atoms with van der Waals surface area (Å²) in [6.45, 7) is 6.52. The summed E-state index contributed by atoms with van der Waals surface area (Å²) in [6, 6.07) is 70.8. The summed E-state index contributed by atoms with van der Waals surface area (Å²) in [5.74, 6) is 2.37. The molecule has 2 nitrogen and oxygen atoms in total. The summed E-state index contributed by atoms with van der Waals surface area (Å²) >= 11 is -0.176. The van der Waals surface area contributed by atoms with Gasteiger partial charge in [0.25, 0.3) is 0 Å². The molecule has 0 amide bonds. The van der Waals surface area contributed by atoms with Crippen molar-refractivity contribution in [2.45, 2.75) is 178 Å². The fourth-order valence-electron chi connectivity index (χ4n) is 17.8. The van der Waals surface area contributed by atoms with E-state index in [1.165, 1.54) is 176 Å². The summed E-state index contributed by atoms with van der Waals surface area (Å²) in [4.78, 5) is 2.64. The molecule has 0 bridgehead atoms. The van der Waals surface area contributed by atoms with E-state index in [0.29, 0.717) is 34.6 Å². The Morgan fingerprint density at radius 2 is 0.913 bits per heavy atom. The van der Waals surface area contributed by atoms with Crippen molar-refractivity contribution in [2.24, 2.45) is 0 Å². The molecular weight excluding hydrogens is 1170 g/mol. The monoisotopic (exact) mass is 1270 g/mol. The van der Waals surface area contributed by atoms with Crippen LogP contribution in [0.1, 0.15) is 206 Å². The molecule has 4 saturated carbocycles. The quantitative estimate of drug-likeness (QED) is 0.124. The second-order valence-corrected chi connectivity index (χ2v) is 31.6. The number of nitrogens with zero attached hydrogens (tertiary/aromatic N) is 2. The summed E-state index contributed by atoms with van der Waals surface area (Å²) in [5, 5.41) is 1.40. The third-order valence-corrected chi connectivity index (χ3v) is 25.0. The van der Waals surface area contributed by atoms with E-state index in [1.807, 2.05) is 0 Å². The molecule has 4 aliphatic carbocycles. The van der Waals surface area contributed by atoms with Gasteiger partial charge in [-0.1, -0.05) is 12.8 Å². The first kappa shape index (κ1) is 53.8. The van der Waals surface area contributed by atoms with Gasteiger partial charge in [0, 0.05) is 0 Å². The van der Waals surface area contributed by atoms with Crippen LogP contribution in [0.15, 0.2) is 206 Å². The van der Waals surface area contributed by atoms with Gasteiger partial charge < -0.3 is 0 Å². The maximum atomic E-state index is 9.92. The topological polar surface area (TPSA) is 8.17 Å². The molecule has 0 N–H and O–H groups in total. The van der Waals surface area contributed by atoms with Gasteiger partial charge in [0.15, 0.2) is 0 Å². The van der Waals surface area contributed by atoms with Crippen LogP contribution < -0.4 is 30.2 Å². The van der Waals surface area contributed by atoms with Crippen molar-refractivity contribution >= 4 is 85.8 Å². The fraction of sp³-hybridized carbons (Fsp3) is 0.318. The zero-order valence-corrected chi connectivity index (χ0v) is 55.9. The standard InChI is InChI=1S/C88H87BN2Se/c1-88(2,3)72-43-45-81-77(55-72)76-37-22-23-40-80(76)90(81)73-56-83-86-85(57-73)92-84-46-42-65(71-51-68(60-29-14-6-15-30-60)48-69(52-71)61-31-16-7-17-32-61)54-79(84)89(86)78-53-64(70-49-66(58-25-10-4-11-26-58)47-67(50-70)59-27-12-5-13-28-59)41-44-82(78)91(83)87-74(62-33-18-8-19-34-62)38-24-39-75(87)63-35-20-9-21-36-63/h8-9,18-24,33-61H,4-7,10-17,25-32H2,1-3H3/i22D,23D,37D,40D. The zero-order chi connectivity index (χ0) is 64.9. The van der Waals surface area contributed by atoms with Gasteiger partial charge in [-0.05, 0) is 0 Å². The van der Waals surface area contributed by atoms with Crippen molar-refractivity contribution in [3.05, 3.63) is 234 Å². The van der Waals surface area contributed by atoms with E-state index in [9.17, 15) is 4.11 Å². The predicted octanol–water partition coefficient (Wildman–Crippen LogP) is 21.2. The molecule has 2 aliphatic heterocycles. The molecule has 4 heteroatoms. The SMILES string of the molecule is [2H]c1c([2H])c([2H])c2c(c1[2H])c1cc(C(C)(C)C)ccc1n2-c1cc2c3c(c1)N(c1c(-c4ccccc4)cccc1-c1ccccc1)c1ccc(-c4cc(C5CCCCC5)cc(C5CCCCC5)c4)cc1B3c1cc(-c3cc(C4CCCCC4)cc(C4CCCCC4)c3)ccc1[Se]2. The minimum absolute atomic E-state index is 0.00458. The van der Waals surface area contributed by atoms with E-state index in [1.54, 1.807) is 22.3 Å². The van der Waals surface area contributed by atoms with Crippen molar-refractivity contribution < 1.29 is 5.48 Å². The van der Waals surface area contributed by atoms with Gasteiger partial charge >= 0.3 is 550 Å². The molecule has 0 atom stereocenters. The number of benzene rings is 10. The molecule has 0 spiro atoms. The first-order valence-corrected chi connectivity index (χ1v) is 37.1. The third kappa shape index (κ3) is 10.6. The van der Waals surface area contributed by atoms with E-state index in [2.05, 4.69) is 212 Å². The molecule has 11 aromatic rings. The van der Waals surface area contributed by atoms with Crippen LogP contribution in [0.5, 0.6) is 0 Å². The van der Waals surface area contributed by atoms with Crippen LogP contribution in [-0.2, 0) is 5.41 Å². The van der Waals surface area contributed by atoms with Crippen molar-refractivity contribution in [2.75, 3.05) is 4.90 Å². The number of anilines is 3. The average Bonchev–Trinajstić information content (AvgIpc) is 1.09. The van der Waals surface area contributed by atoms with Crippen LogP contribution in [-0.4, -0.2) is 26.2 Å². The molecule has 458 valence electrons. The Balaban J connectivity index is 0.966. The van der Waals surface area contributed by atoms with Crippen LogP contribution in [0.3, 0.4) is 0 Å². The predicted molar refractivity (Wildman–Crippen MR) is 395 cm³/mol. The van der Waals surface area contributed by atoms with E-state index in [0.717, 1.165) is 61.5 Å². The zero-order valence-electron chi connectivity index (χ0n) is 58.2. The second-order valence-electron chi connectivity index (χ2n) is 29.4. The molecule has 0 unspecified atom stereocenters. The molecule has 0 saturated heterocycles. The van der Waals surface area contributed by atoms with Crippen molar-refractivity contribution in [3.8, 4) is 50.2 Å². The second kappa shape index (κ2) is 24.4. The van der Waals surface area contributed by atoms with Crippen LogP contribution >= 0.6 is 0 Å². The number of fused-ring (bicyclic) bond motifs is 7. The Hall–Kier alpha value is -7.62. The summed E-state index contributed by atoms with van der Waals surface area (Å²) in [5.41, 5.74) is 26.6. The number of hydrogen-bond donors (Lipinski definition) is 0. The van der Waals surface area contributed by atoms with Gasteiger partial charge in [-0.3, -0.25) is 0 Å². The van der Waals surface area contributed by atoms with Gasteiger partial charge in [-0.2, -0.15) is 0 Å². The Morgan fingerprint density at radius 3 is 1.45 bits per heavy atom. The van der Waals surface area contributed by atoms with Crippen LogP contribution in [0, 0.1) is 0 Å². The maximum absolute atomic E-state index is 9.92. The Bertz CT molecular complexity index is 4700. The van der Waals surface area contributed by atoms with Crippen molar-refractivity contribution in [1.82, 2.24) is 4.57 Å². The number of hydrogen-bond acceptors (Lipinski definition) is 1. The van der Waals surface area contributed by atoms with Crippen molar-refractivity contribution in [1.29, 1.82) is 0 Å². The third-order valence-electron chi connectivity index (χ3n) is 22.6.